The number of aromatic nitrogens is 1. The van der Waals surface area contributed by atoms with Crippen LogP contribution in [0.2, 0.25) is 0 Å². The van der Waals surface area contributed by atoms with E-state index >= 15 is 0 Å². The molecule has 5 heteroatoms. The Morgan fingerprint density at radius 3 is 2.56 bits per heavy atom. The Labute approximate surface area is 149 Å². The number of amides is 1. The molecule has 1 aromatic heterocycles. The Morgan fingerprint density at radius 2 is 1.88 bits per heavy atom. The summed E-state index contributed by atoms with van der Waals surface area (Å²) in [6.45, 7) is 9.15. The zero-order valence-corrected chi connectivity index (χ0v) is 15.1. The lowest BCUT2D eigenvalue weighted by molar-refractivity contribution is -0.115. The molecule has 1 aromatic carbocycles. The molecule has 1 saturated heterocycles. The van der Waals surface area contributed by atoms with Crippen molar-refractivity contribution in [1.29, 1.82) is 0 Å². The molecular formula is C20H25N3O2. The highest BCUT2D eigenvalue weighted by molar-refractivity contribution is 5.95. The fourth-order valence-electron chi connectivity index (χ4n) is 3.37. The van der Waals surface area contributed by atoms with Gasteiger partial charge < -0.3 is 15.0 Å². The molecule has 0 radical (unpaired) electrons. The number of nitrogens with one attached hydrogen (secondary N) is 1. The largest absolute Gasteiger partial charge is 0.378 e. The zero-order valence-electron chi connectivity index (χ0n) is 15.1. The minimum absolute atomic E-state index is 0.0161. The van der Waals surface area contributed by atoms with E-state index in [4.69, 9.17) is 4.74 Å². The average molecular weight is 339 g/mol. The maximum atomic E-state index is 12.6. The average Bonchev–Trinajstić information content (AvgIpc) is 2.59. The van der Waals surface area contributed by atoms with Crippen molar-refractivity contribution in [3.8, 4) is 0 Å². The molecule has 0 aliphatic carbocycles. The van der Waals surface area contributed by atoms with Gasteiger partial charge in [0.15, 0.2) is 5.82 Å². The smallest absolute Gasteiger partial charge is 0.228 e. The molecule has 2 aromatic rings. The van der Waals surface area contributed by atoms with Gasteiger partial charge in [0, 0.05) is 19.3 Å². The lowest BCUT2D eigenvalue weighted by Crippen LogP contribution is -2.37. The number of morpholine rings is 1. The molecule has 1 aliphatic rings. The lowest BCUT2D eigenvalue weighted by Gasteiger charge is -2.29. The fraction of sp³-hybridized carbons (Fsp3) is 0.400. The predicted molar refractivity (Wildman–Crippen MR) is 100 cm³/mol. The van der Waals surface area contributed by atoms with Crippen LogP contribution in [0.5, 0.6) is 0 Å². The van der Waals surface area contributed by atoms with E-state index in [0.29, 0.717) is 19.6 Å². The molecule has 0 bridgehead atoms. The number of benzene rings is 1. The van der Waals surface area contributed by atoms with E-state index in [1.807, 2.05) is 12.1 Å². The first kappa shape index (κ1) is 17.4. The third-order valence-corrected chi connectivity index (χ3v) is 4.55. The van der Waals surface area contributed by atoms with E-state index < -0.39 is 0 Å². The molecule has 1 fully saturated rings. The number of hydrogen-bond donors (Lipinski definition) is 1. The van der Waals surface area contributed by atoms with Crippen LogP contribution in [-0.4, -0.2) is 37.2 Å². The third-order valence-electron chi connectivity index (χ3n) is 4.55. The topological polar surface area (TPSA) is 54.5 Å². The Morgan fingerprint density at radius 1 is 1.20 bits per heavy atom. The van der Waals surface area contributed by atoms with Crippen LogP contribution < -0.4 is 10.2 Å². The molecule has 1 aliphatic heterocycles. The minimum Gasteiger partial charge on any atom is -0.378 e. The van der Waals surface area contributed by atoms with Gasteiger partial charge in [0.25, 0.3) is 0 Å². The number of carbonyl (C=O) groups excluding carboxylic acids is 1. The monoisotopic (exact) mass is 339 g/mol. The molecule has 0 atom stereocenters. The number of hydrogen-bond acceptors (Lipinski definition) is 4. The van der Waals surface area contributed by atoms with Crippen molar-refractivity contribution in [2.24, 2.45) is 0 Å². The van der Waals surface area contributed by atoms with Gasteiger partial charge in [-0.15, -0.1) is 0 Å². The Hall–Kier alpha value is -2.40. The number of ether oxygens (including phenoxy) is 1. The van der Waals surface area contributed by atoms with Crippen LogP contribution in [0.4, 0.5) is 11.5 Å². The van der Waals surface area contributed by atoms with Crippen molar-refractivity contribution < 1.29 is 9.53 Å². The second-order valence-corrected chi connectivity index (χ2v) is 6.58. The molecule has 0 spiro atoms. The molecule has 0 saturated carbocycles. The van der Waals surface area contributed by atoms with Gasteiger partial charge in [-0.3, -0.25) is 4.79 Å². The van der Waals surface area contributed by atoms with Gasteiger partial charge in [-0.2, -0.15) is 0 Å². The number of anilines is 2. The first-order chi connectivity index (χ1) is 12.0. The van der Waals surface area contributed by atoms with Gasteiger partial charge in [-0.25, -0.2) is 4.98 Å². The Bertz CT molecular complexity index is 744. The molecule has 25 heavy (non-hydrogen) atoms. The van der Waals surface area contributed by atoms with Gasteiger partial charge in [-0.1, -0.05) is 17.7 Å². The molecule has 0 unspecified atom stereocenters. The summed E-state index contributed by atoms with van der Waals surface area (Å²) in [6.07, 6.45) is 2.13. The molecule has 132 valence electrons. The van der Waals surface area contributed by atoms with Crippen molar-refractivity contribution in [3.05, 3.63) is 52.7 Å². The SMILES string of the molecule is Cc1cc(C)c(CC(=O)Nc2cccnc2N2CCOCC2)c(C)c1. The predicted octanol–water partition coefficient (Wildman–Crippen LogP) is 3.02. The standard InChI is InChI=1S/C20H25N3O2/c1-14-11-15(2)17(16(3)12-14)13-19(24)22-18-5-4-6-21-20(18)23-7-9-25-10-8-23/h4-6,11-12H,7-10,13H2,1-3H3,(H,22,24). The van der Waals surface area contributed by atoms with Gasteiger partial charge in [0.05, 0.1) is 25.3 Å². The highest BCUT2D eigenvalue weighted by atomic mass is 16.5. The summed E-state index contributed by atoms with van der Waals surface area (Å²) in [5.41, 5.74) is 5.40. The number of pyridine rings is 1. The maximum absolute atomic E-state index is 12.6. The van der Waals surface area contributed by atoms with Crippen LogP contribution in [0.15, 0.2) is 30.5 Å². The van der Waals surface area contributed by atoms with Crippen LogP contribution in [0.1, 0.15) is 22.3 Å². The van der Waals surface area contributed by atoms with Crippen molar-refractivity contribution >= 4 is 17.4 Å². The molecule has 1 amide bonds. The maximum Gasteiger partial charge on any atom is 0.228 e. The Balaban J connectivity index is 1.76. The lowest BCUT2D eigenvalue weighted by atomic mass is 9.97. The molecule has 2 heterocycles. The normalized spacial score (nSPS) is 14.4. The summed E-state index contributed by atoms with van der Waals surface area (Å²) >= 11 is 0. The third kappa shape index (κ3) is 4.17. The van der Waals surface area contributed by atoms with Crippen LogP contribution in [0.3, 0.4) is 0 Å². The van der Waals surface area contributed by atoms with Crippen molar-refractivity contribution in [3.63, 3.8) is 0 Å². The van der Waals surface area contributed by atoms with E-state index in [9.17, 15) is 4.79 Å². The van der Waals surface area contributed by atoms with Crippen molar-refractivity contribution in [1.82, 2.24) is 4.98 Å². The second kappa shape index (κ2) is 7.66. The van der Waals surface area contributed by atoms with Gasteiger partial charge >= 0.3 is 0 Å². The van der Waals surface area contributed by atoms with Crippen LogP contribution in [-0.2, 0) is 16.0 Å². The second-order valence-electron chi connectivity index (χ2n) is 6.58. The quantitative estimate of drug-likeness (QED) is 0.930. The first-order valence-corrected chi connectivity index (χ1v) is 8.69. The van der Waals surface area contributed by atoms with Gasteiger partial charge in [-0.05, 0) is 49.6 Å². The molecular weight excluding hydrogens is 314 g/mol. The van der Waals surface area contributed by atoms with E-state index in [2.05, 4.69) is 48.1 Å². The summed E-state index contributed by atoms with van der Waals surface area (Å²) in [4.78, 5) is 19.2. The molecule has 1 N–H and O–H groups in total. The van der Waals surface area contributed by atoms with Crippen molar-refractivity contribution in [2.45, 2.75) is 27.2 Å². The highest BCUT2D eigenvalue weighted by Crippen LogP contribution is 2.24. The molecule has 3 rings (SSSR count). The summed E-state index contributed by atoms with van der Waals surface area (Å²) in [6, 6.07) is 8.00. The van der Waals surface area contributed by atoms with Crippen molar-refractivity contribution in [2.75, 3.05) is 36.5 Å². The highest BCUT2D eigenvalue weighted by Gasteiger charge is 2.18. The summed E-state index contributed by atoms with van der Waals surface area (Å²) in [5, 5.41) is 3.04. The zero-order chi connectivity index (χ0) is 17.8. The summed E-state index contributed by atoms with van der Waals surface area (Å²) in [7, 11) is 0. The molecule has 5 nitrogen and oxygen atoms in total. The number of carbonyl (C=O) groups is 1. The number of rotatable bonds is 4. The van der Waals surface area contributed by atoms with Crippen LogP contribution in [0.25, 0.3) is 0 Å². The van der Waals surface area contributed by atoms with Crippen LogP contribution in [0, 0.1) is 20.8 Å². The van der Waals surface area contributed by atoms with E-state index in [1.165, 1.54) is 5.56 Å². The number of aryl methyl sites for hydroxylation is 3. The van der Waals surface area contributed by atoms with E-state index in [1.54, 1.807) is 6.20 Å². The summed E-state index contributed by atoms with van der Waals surface area (Å²) < 4.78 is 5.40. The van der Waals surface area contributed by atoms with E-state index in [0.717, 1.165) is 41.3 Å². The number of nitrogens with zero attached hydrogens (tertiary/aromatic N) is 2. The first-order valence-electron chi connectivity index (χ1n) is 8.69. The fourth-order valence-corrected chi connectivity index (χ4v) is 3.37. The van der Waals surface area contributed by atoms with Crippen LogP contribution >= 0.6 is 0 Å². The minimum atomic E-state index is -0.0161. The van der Waals surface area contributed by atoms with Gasteiger partial charge in [0.2, 0.25) is 5.91 Å². The Kier molecular flexibility index (Phi) is 5.34. The van der Waals surface area contributed by atoms with Gasteiger partial charge in [0.1, 0.15) is 0 Å². The van der Waals surface area contributed by atoms with E-state index in [-0.39, 0.29) is 5.91 Å². The summed E-state index contributed by atoms with van der Waals surface area (Å²) in [5.74, 6) is 0.800.